The van der Waals surface area contributed by atoms with Crippen molar-refractivity contribution in [3.05, 3.63) is 36.3 Å². The average molecular weight is 217 g/mol. The fourth-order valence-electron chi connectivity index (χ4n) is 1.27. The number of hydrogen-bond acceptors (Lipinski definition) is 4. The second kappa shape index (κ2) is 4.01. The molecule has 0 fully saturated rings. The molecule has 0 aliphatic carbocycles. The molecule has 16 heavy (non-hydrogen) atoms. The van der Waals surface area contributed by atoms with E-state index >= 15 is 0 Å². The number of nitrogens with zero attached hydrogens (tertiary/aromatic N) is 4. The van der Waals surface area contributed by atoms with Gasteiger partial charge in [0.15, 0.2) is 24.8 Å². The predicted octanol–water partition coefficient (Wildman–Crippen LogP) is 0.0613. The Labute approximate surface area is 91.2 Å². The largest absolute Gasteiger partial charge is 0.478 e. The Morgan fingerprint density at radius 1 is 1.38 bits per heavy atom. The van der Waals surface area contributed by atoms with Crippen molar-refractivity contribution >= 4 is 5.97 Å². The highest BCUT2D eigenvalue weighted by Gasteiger charge is 2.18. The standard InChI is InChI=1S/C10H8N4O2/c1-14-6-3-7(10(15)16)8(13-14)9-11-4-2-5-12-9/h2-6H,1H3/p+1. The van der Waals surface area contributed by atoms with Crippen LogP contribution in [0.4, 0.5) is 0 Å². The monoisotopic (exact) mass is 217 g/mol. The molecule has 2 aromatic heterocycles. The highest BCUT2D eigenvalue weighted by atomic mass is 16.4. The van der Waals surface area contributed by atoms with E-state index < -0.39 is 5.97 Å². The van der Waals surface area contributed by atoms with Crippen LogP contribution in [0.15, 0.2) is 30.7 Å². The molecule has 80 valence electrons. The van der Waals surface area contributed by atoms with Gasteiger partial charge in [-0.25, -0.2) is 14.8 Å². The molecule has 0 aromatic carbocycles. The second-order valence-corrected chi connectivity index (χ2v) is 3.13. The molecular formula is C10H9N4O2+. The van der Waals surface area contributed by atoms with Crippen molar-refractivity contribution in [1.82, 2.24) is 15.1 Å². The first-order valence-corrected chi connectivity index (χ1v) is 4.56. The van der Waals surface area contributed by atoms with E-state index in [0.717, 1.165) is 0 Å². The average Bonchev–Trinajstić information content (AvgIpc) is 2.29. The lowest BCUT2D eigenvalue weighted by Crippen LogP contribution is -2.33. The van der Waals surface area contributed by atoms with Gasteiger partial charge < -0.3 is 5.11 Å². The van der Waals surface area contributed by atoms with E-state index in [0.29, 0.717) is 5.82 Å². The lowest BCUT2D eigenvalue weighted by atomic mass is 10.2. The van der Waals surface area contributed by atoms with Gasteiger partial charge in [0.05, 0.1) is 0 Å². The van der Waals surface area contributed by atoms with Gasteiger partial charge in [-0.1, -0.05) is 4.68 Å². The van der Waals surface area contributed by atoms with Gasteiger partial charge in [-0.2, -0.15) is 0 Å². The van der Waals surface area contributed by atoms with E-state index in [2.05, 4.69) is 15.1 Å². The summed E-state index contributed by atoms with van der Waals surface area (Å²) in [7, 11) is 1.71. The van der Waals surface area contributed by atoms with E-state index in [-0.39, 0.29) is 11.3 Å². The van der Waals surface area contributed by atoms with Crippen LogP contribution in [-0.2, 0) is 7.05 Å². The molecule has 0 aliphatic heterocycles. The number of rotatable bonds is 2. The molecule has 0 amide bonds. The highest BCUT2D eigenvalue weighted by molar-refractivity contribution is 5.93. The first-order chi connectivity index (χ1) is 7.68. The van der Waals surface area contributed by atoms with Crippen LogP contribution in [0, 0.1) is 0 Å². The van der Waals surface area contributed by atoms with Crippen LogP contribution < -0.4 is 4.68 Å². The third-order valence-electron chi connectivity index (χ3n) is 1.98. The maximum atomic E-state index is 11.0. The number of carboxylic acid groups (broad SMARTS) is 1. The summed E-state index contributed by atoms with van der Waals surface area (Å²) in [6.45, 7) is 0. The molecule has 0 saturated heterocycles. The van der Waals surface area contributed by atoms with Gasteiger partial charge in [-0.3, -0.25) is 0 Å². The third-order valence-corrected chi connectivity index (χ3v) is 1.98. The van der Waals surface area contributed by atoms with E-state index in [9.17, 15) is 4.79 Å². The molecule has 0 unspecified atom stereocenters. The van der Waals surface area contributed by atoms with Crippen LogP contribution >= 0.6 is 0 Å². The van der Waals surface area contributed by atoms with E-state index in [1.54, 1.807) is 31.7 Å². The van der Waals surface area contributed by atoms with Crippen molar-refractivity contribution in [3.63, 3.8) is 0 Å². The van der Waals surface area contributed by atoms with Gasteiger partial charge in [-0.05, 0) is 6.07 Å². The van der Waals surface area contributed by atoms with E-state index in [4.69, 9.17) is 5.11 Å². The number of aryl methyl sites for hydroxylation is 1. The Morgan fingerprint density at radius 2 is 2.06 bits per heavy atom. The lowest BCUT2D eigenvalue weighted by molar-refractivity contribution is -0.730. The Bertz CT molecular complexity index is 528. The number of carboxylic acids is 1. The van der Waals surface area contributed by atoms with Crippen LogP contribution in [0.3, 0.4) is 0 Å². The normalized spacial score (nSPS) is 10.1. The molecule has 0 aliphatic rings. The van der Waals surface area contributed by atoms with Crippen molar-refractivity contribution in [2.45, 2.75) is 0 Å². The minimum Gasteiger partial charge on any atom is -0.478 e. The van der Waals surface area contributed by atoms with Crippen LogP contribution in [0.1, 0.15) is 10.4 Å². The van der Waals surface area contributed by atoms with Crippen molar-refractivity contribution in [1.29, 1.82) is 0 Å². The van der Waals surface area contributed by atoms with Gasteiger partial charge in [-0.15, -0.1) is 0 Å². The molecule has 6 nitrogen and oxygen atoms in total. The molecule has 0 saturated carbocycles. The van der Waals surface area contributed by atoms with Gasteiger partial charge in [0.2, 0.25) is 0 Å². The Balaban J connectivity index is 2.63. The van der Waals surface area contributed by atoms with E-state index in [1.165, 1.54) is 10.7 Å². The van der Waals surface area contributed by atoms with Crippen LogP contribution in [-0.4, -0.2) is 26.1 Å². The summed E-state index contributed by atoms with van der Waals surface area (Å²) in [6.07, 6.45) is 4.65. The van der Waals surface area contributed by atoms with Crippen molar-refractivity contribution < 1.29 is 14.6 Å². The summed E-state index contributed by atoms with van der Waals surface area (Å²) in [5.74, 6) is -0.744. The highest BCUT2D eigenvalue weighted by Crippen LogP contribution is 2.14. The Hall–Kier alpha value is -2.37. The fourth-order valence-corrected chi connectivity index (χ4v) is 1.27. The minimum atomic E-state index is -1.05. The maximum Gasteiger partial charge on any atom is 0.338 e. The molecule has 2 aromatic rings. The minimum absolute atomic E-state index is 0.0873. The molecule has 0 spiro atoms. The molecule has 2 heterocycles. The van der Waals surface area contributed by atoms with Gasteiger partial charge in [0.25, 0.3) is 0 Å². The first kappa shape index (κ1) is 10.2. The quantitative estimate of drug-likeness (QED) is 0.719. The zero-order chi connectivity index (χ0) is 11.5. The fraction of sp³-hybridized carbons (Fsp3) is 0.100. The second-order valence-electron chi connectivity index (χ2n) is 3.13. The Morgan fingerprint density at radius 3 is 2.69 bits per heavy atom. The maximum absolute atomic E-state index is 11.0. The molecule has 6 heteroatoms. The summed E-state index contributed by atoms with van der Waals surface area (Å²) in [6, 6.07) is 3.13. The molecule has 1 N–H and O–H groups in total. The summed E-state index contributed by atoms with van der Waals surface area (Å²) in [4.78, 5) is 19.0. The number of aromatic carboxylic acids is 1. The number of hydrogen-bond donors (Lipinski definition) is 1. The zero-order valence-corrected chi connectivity index (χ0v) is 8.53. The SMILES string of the molecule is C[n+]1ccc(C(=O)O)c(-c2ncccn2)n1. The number of aromatic nitrogens is 4. The molecule has 2 rings (SSSR count). The van der Waals surface area contributed by atoms with Crippen LogP contribution in [0.25, 0.3) is 11.5 Å². The van der Waals surface area contributed by atoms with Gasteiger partial charge in [0, 0.05) is 23.6 Å². The van der Waals surface area contributed by atoms with Crippen LogP contribution in [0.5, 0.6) is 0 Å². The van der Waals surface area contributed by atoms with Crippen molar-refractivity contribution in [3.8, 4) is 11.5 Å². The molecule has 0 bridgehead atoms. The molecule has 0 radical (unpaired) electrons. The van der Waals surface area contributed by atoms with Crippen molar-refractivity contribution in [2.24, 2.45) is 7.05 Å². The summed E-state index contributed by atoms with van der Waals surface area (Å²) in [5, 5.41) is 13.1. The van der Waals surface area contributed by atoms with Gasteiger partial charge >= 0.3 is 5.97 Å². The lowest BCUT2D eigenvalue weighted by Gasteiger charge is -1.99. The van der Waals surface area contributed by atoms with Gasteiger partial charge in [0.1, 0.15) is 5.56 Å². The Kier molecular flexibility index (Phi) is 2.55. The molecule has 0 atom stereocenters. The molecular weight excluding hydrogens is 208 g/mol. The zero-order valence-electron chi connectivity index (χ0n) is 8.53. The summed E-state index contributed by atoms with van der Waals surface area (Å²) < 4.78 is 1.51. The number of carbonyl (C=O) groups is 1. The topological polar surface area (TPSA) is 79.9 Å². The summed E-state index contributed by atoms with van der Waals surface area (Å²) in [5.41, 5.74) is 0.349. The van der Waals surface area contributed by atoms with Crippen LogP contribution in [0.2, 0.25) is 0 Å². The van der Waals surface area contributed by atoms with E-state index in [1.807, 2.05) is 0 Å². The predicted molar refractivity (Wildman–Crippen MR) is 53.4 cm³/mol. The smallest absolute Gasteiger partial charge is 0.338 e. The first-order valence-electron chi connectivity index (χ1n) is 4.56. The summed E-state index contributed by atoms with van der Waals surface area (Å²) >= 11 is 0. The van der Waals surface area contributed by atoms with Crippen molar-refractivity contribution in [2.75, 3.05) is 0 Å². The third kappa shape index (κ3) is 1.85.